The van der Waals surface area contributed by atoms with Gasteiger partial charge in [-0.05, 0) is 44.0 Å². The first-order chi connectivity index (χ1) is 9.54. The van der Waals surface area contributed by atoms with Crippen molar-refractivity contribution in [2.24, 2.45) is 0 Å². The van der Waals surface area contributed by atoms with Gasteiger partial charge in [0.05, 0.1) is 16.4 Å². The van der Waals surface area contributed by atoms with E-state index in [2.05, 4.69) is 0 Å². The topological polar surface area (TPSA) is 71.5 Å². The van der Waals surface area contributed by atoms with E-state index in [0.717, 1.165) is 0 Å². The Morgan fingerprint density at radius 1 is 1.24 bits per heavy atom. The van der Waals surface area contributed by atoms with Gasteiger partial charge in [0.25, 0.3) is 0 Å². The molecule has 0 bridgehead atoms. The molecule has 0 spiro atoms. The number of halogens is 1. The van der Waals surface area contributed by atoms with E-state index in [0.29, 0.717) is 11.1 Å². The molecule has 118 valence electrons. The molecule has 1 aliphatic heterocycles. The average molecular weight is 335 g/mol. The van der Waals surface area contributed by atoms with E-state index in [1.165, 1.54) is 30.3 Å². The van der Waals surface area contributed by atoms with Crippen LogP contribution in [0, 0.1) is 19.7 Å². The predicted molar refractivity (Wildman–Crippen MR) is 77.9 cm³/mol. The number of nitrogens with zero attached hydrogens (tertiary/aromatic N) is 1. The Hall–Kier alpha value is -0.990. The Morgan fingerprint density at radius 2 is 1.76 bits per heavy atom. The van der Waals surface area contributed by atoms with Crippen LogP contribution in [0.5, 0.6) is 0 Å². The van der Waals surface area contributed by atoms with Crippen LogP contribution >= 0.6 is 0 Å². The molecule has 1 saturated heterocycles. The monoisotopic (exact) mass is 335 g/mol. The van der Waals surface area contributed by atoms with Crippen molar-refractivity contribution in [3.8, 4) is 0 Å². The molecule has 0 amide bonds. The van der Waals surface area contributed by atoms with Crippen molar-refractivity contribution in [3.05, 3.63) is 29.1 Å². The van der Waals surface area contributed by atoms with E-state index in [9.17, 15) is 21.2 Å². The number of sulfone groups is 1. The molecule has 1 unspecified atom stereocenters. The van der Waals surface area contributed by atoms with E-state index < -0.39 is 31.7 Å². The number of hydrogen-bond donors (Lipinski definition) is 0. The molecule has 8 heteroatoms. The second-order valence-electron chi connectivity index (χ2n) is 5.45. The van der Waals surface area contributed by atoms with E-state index in [1.807, 2.05) is 0 Å². The number of sulfonamides is 1. The van der Waals surface area contributed by atoms with Crippen molar-refractivity contribution in [2.75, 3.05) is 18.1 Å². The quantitative estimate of drug-likeness (QED) is 0.815. The van der Waals surface area contributed by atoms with Crippen LogP contribution in [-0.4, -0.2) is 45.2 Å². The van der Waals surface area contributed by atoms with Gasteiger partial charge in [0, 0.05) is 12.6 Å². The molecular weight excluding hydrogens is 317 g/mol. The van der Waals surface area contributed by atoms with Gasteiger partial charge in [0.15, 0.2) is 9.84 Å². The summed E-state index contributed by atoms with van der Waals surface area (Å²) in [6.45, 7) is 4.58. The van der Waals surface area contributed by atoms with Crippen molar-refractivity contribution < 1.29 is 21.2 Å². The Bertz CT molecular complexity index is 748. The third kappa shape index (κ3) is 3.12. The molecular formula is C13H18FNO4S2. The van der Waals surface area contributed by atoms with Crippen LogP contribution in [0.4, 0.5) is 4.39 Å². The lowest BCUT2D eigenvalue weighted by atomic mass is 10.1. The van der Waals surface area contributed by atoms with E-state index in [4.69, 9.17) is 0 Å². The van der Waals surface area contributed by atoms with Crippen molar-refractivity contribution in [2.45, 2.75) is 31.7 Å². The summed E-state index contributed by atoms with van der Waals surface area (Å²) >= 11 is 0. The number of aryl methyl sites for hydroxylation is 2. The zero-order chi connectivity index (χ0) is 16.0. The van der Waals surface area contributed by atoms with Crippen molar-refractivity contribution in [1.82, 2.24) is 4.31 Å². The highest BCUT2D eigenvalue weighted by atomic mass is 32.2. The summed E-state index contributed by atoms with van der Waals surface area (Å²) in [5.41, 5.74) is 0.654. The SMILES string of the molecule is Cc1cc(F)cc(C)c1S(=O)(=O)N1CCS(=O)(=O)CC1C. The van der Waals surface area contributed by atoms with Gasteiger partial charge in [-0.3, -0.25) is 0 Å². The fourth-order valence-electron chi connectivity index (χ4n) is 2.76. The van der Waals surface area contributed by atoms with Crippen molar-refractivity contribution in [1.29, 1.82) is 0 Å². The molecule has 1 fully saturated rings. The molecule has 1 atom stereocenters. The third-order valence-electron chi connectivity index (χ3n) is 3.60. The van der Waals surface area contributed by atoms with E-state index in [-0.39, 0.29) is 22.9 Å². The highest BCUT2D eigenvalue weighted by Crippen LogP contribution is 2.28. The van der Waals surface area contributed by atoms with Gasteiger partial charge in [-0.25, -0.2) is 21.2 Å². The molecule has 5 nitrogen and oxygen atoms in total. The minimum absolute atomic E-state index is 0.0649. The normalized spacial score (nSPS) is 23.1. The lowest BCUT2D eigenvalue weighted by molar-refractivity contribution is 0.356. The molecule has 0 N–H and O–H groups in total. The lowest BCUT2D eigenvalue weighted by Crippen LogP contribution is -2.49. The first kappa shape index (κ1) is 16.4. The standard InChI is InChI=1S/C13H18FNO4S2/c1-9-6-12(14)7-10(2)13(9)21(18,19)15-4-5-20(16,17)8-11(15)3/h6-7,11H,4-5,8H2,1-3H3. The molecule has 1 aromatic rings. The molecule has 0 aliphatic carbocycles. The second-order valence-corrected chi connectivity index (χ2v) is 9.50. The third-order valence-corrected chi connectivity index (χ3v) is 7.72. The minimum Gasteiger partial charge on any atom is -0.229 e. The van der Waals surface area contributed by atoms with Gasteiger partial charge >= 0.3 is 0 Å². The highest BCUT2D eigenvalue weighted by molar-refractivity contribution is 7.92. The molecule has 1 heterocycles. The largest absolute Gasteiger partial charge is 0.243 e. The molecule has 0 aromatic heterocycles. The zero-order valence-corrected chi connectivity index (χ0v) is 13.8. The van der Waals surface area contributed by atoms with E-state index >= 15 is 0 Å². The Kier molecular flexibility index (Phi) is 4.16. The van der Waals surface area contributed by atoms with Crippen molar-refractivity contribution >= 4 is 19.9 Å². The van der Waals surface area contributed by atoms with Crippen LogP contribution < -0.4 is 0 Å². The van der Waals surface area contributed by atoms with Gasteiger partial charge < -0.3 is 0 Å². The summed E-state index contributed by atoms with van der Waals surface area (Å²) in [5.74, 6) is -0.861. The lowest BCUT2D eigenvalue weighted by Gasteiger charge is -2.32. The summed E-state index contributed by atoms with van der Waals surface area (Å²) in [6.07, 6.45) is 0. The molecule has 1 aliphatic rings. The minimum atomic E-state index is -3.84. The number of hydrogen-bond acceptors (Lipinski definition) is 4. The Morgan fingerprint density at radius 3 is 2.24 bits per heavy atom. The van der Waals surface area contributed by atoms with Gasteiger partial charge in [0.2, 0.25) is 10.0 Å². The van der Waals surface area contributed by atoms with Crippen molar-refractivity contribution in [3.63, 3.8) is 0 Å². The second kappa shape index (κ2) is 5.33. The van der Waals surface area contributed by atoms with Crippen LogP contribution in [0.3, 0.4) is 0 Å². The van der Waals surface area contributed by atoms with Gasteiger partial charge in [-0.1, -0.05) is 0 Å². The zero-order valence-electron chi connectivity index (χ0n) is 12.1. The average Bonchev–Trinajstić information content (AvgIpc) is 2.24. The predicted octanol–water partition coefficient (Wildman–Crippen LogP) is 1.25. The van der Waals surface area contributed by atoms with Crippen LogP contribution in [-0.2, 0) is 19.9 Å². The summed E-state index contributed by atoms with van der Waals surface area (Å²) in [5, 5.41) is 0. The summed E-state index contributed by atoms with van der Waals surface area (Å²) < 4.78 is 63.2. The van der Waals surface area contributed by atoms with E-state index in [1.54, 1.807) is 6.92 Å². The van der Waals surface area contributed by atoms with Gasteiger partial charge in [0.1, 0.15) is 5.82 Å². The molecule has 0 saturated carbocycles. The first-order valence-corrected chi connectivity index (χ1v) is 9.80. The fourth-order valence-corrected chi connectivity index (χ4v) is 6.57. The highest BCUT2D eigenvalue weighted by Gasteiger charge is 2.37. The van der Waals surface area contributed by atoms with Crippen LogP contribution in [0.25, 0.3) is 0 Å². The molecule has 2 rings (SSSR count). The number of rotatable bonds is 2. The summed E-state index contributed by atoms with van der Waals surface area (Å²) in [4.78, 5) is 0.0649. The smallest absolute Gasteiger partial charge is 0.229 e. The maximum absolute atomic E-state index is 13.3. The number of benzene rings is 1. The fraction of sp³-hybridized carbons (Fsp3) is 0.538. The van der Waals surface area contributed by atoms with Crippen LogP contribution in [0.1, 0.15) is 18.1 Å². The first-order valence-electron chi connectivity index (χ1n) is 6.53. The van der Waals surface area contributed by atoms with Crippen LogP contribution in [0.2, 0.25) is 0 Å². The Labute approximate surface area is 124 Å². The molecule has 0 radical (unpaired) electrons. The molecule has 1 aromatic carbocycles. The summed E-state index contributed by atoms with van der Waals surface area (Å²) in [7, 11) is -7.04. The maximum atomic E-state index is 13.3. The molecule has 21 heavy (non-hydrogen) atoms. The van der Waals surface area contributed by atoms with Gasteiger partial charge in [-0.15, -0.1) is 0 Å². The Balaban J connectivity index is 2.49. The van der Waals surface area contributed by atoms with Crippen LogP contribution in [0.15, 0.2) is 17.0 Å². The maximum Gasteiger partial charge on any atom is 0.243 e. The van der Waals surface area contributed by atoms with Gasteiger partial charge in [-0.2, -0.15) is 4.31 Å². The summed E-state index contributed by atoms with van der Waals surface area (Å²) in [6, 6.07) is 1.72.